The summed E-state index contributed by atoms with van der Waals surface area (Å²) >= 11 is 0. The molecule has 176 valence electrons. The molecule has 0 aliphatic carbocycles. The van der Waals surface area contributed by atoms with Crippen molar-refractivity contribution in [2.75, 3.05) is 0 Å². The second-order valence-electron chi connectivity index (χ2n) is 9.39. The molecular weight excluding hydrogens is 462 g/mol. The van der Waals surface area contributed by atoms with Gasteiger partial charge in [-0.1, -0.05) is 103 Å². The Morgan fingerprint density at radius 1 is 0.526 bits per heavy atom. The summed E-state index contributed by atoms with van der Waals surface area (Å²) in [6.07, 6.45) is 1.90. The van der Waals surface area contributed by atoms with Crippen LogP contribution in [-0.4, -0.2) is 9.97 Å². The largest absolute Gasteiger partial charge is 0.238 e. The van der Waals surface area contributed by atoms with Gasteiger partial charge in [0.1, 0.15) is 0 Å². The highest BCUT2D eigenvalue weighted by molar-refractivity contribution is 6.01. The fourth-order valence-corrected chi connectivity index (χ4v) is 5.18. The van der Waals surface area contributed by atoms with Gasteiger partial charge in [-0.25, -0.2) is 14.8 Å². The lowest BCUT2D eigenvalue weighted by Gasteiger charge is -2.11. The van der Waals surface area contributed by atoms with Crippen molar-refractivity contribution in [3.63, 3.8) is 0 Å². The molecule has 0 aliphatic rings. The molecule has 1 aromatic heterocycles. The molecule has 1 heterocycles. The van der Waals surface area contributed by atoms with Crippen LogP contribution in [0.1, 0.15) is 0 Å². The van der Waals surface area contributed by atoms with Crippen molar-refractivity contribution in [3.05, 3.63) is 139 Å². The predicted octanol–water partition coefficient (Wildman–Crippen LogP) is 9.49. The zero-order chi connectivity index (χ0) is 25.5. The number of fused-ring (bicyclic) bond motifs is 3. The third kappa shape index (κ3) is 3.77. The molecule has 0 saturated carbocycles. The normalized spacial score (nSPS) is 11.1. The number of nitrogens with zero attached hydrogens (tertiary/aromatic N) is 3. The molecule has 7 rings (SSSR count). The van der Waals surface area contributed by atoms with Crippen LogP contribution in [0.3, 0.4) is 0 Å². The van der Waals surface area contributed by atoms with Crippen molar-refractivity contribution in [1.82, 2.24) is 9.97 Å². The summed E-state index contributed by atoms with van der Waals surface area (Å²) in [6.45, 7) is 7.24. The highest BCUT2D eigenvalue weighted by Crippen LogP contribution is 2.35. The van der Waals surface area contributed by atoms with E-state index < -0.39 is 0 Å². The molecular formula is C35H21N3. The molecule has 0 fully saturated rings. The fourth-order valence-electron chi connectivity index (χ4n) is 5.18. The van der Waals surface area contributed by atoms with Crippen LogP contribution in [0.15, 0.2) is 128 Å². The van der Waals surface area contributed by atoms with Gasteiger partial charge in [0.2, 0.25) is 0 Å². The molecule has 0 radical (unpaired) electrons. The maximum atomic E-state index is 7.24. The lowest BCUT2D eigenvalue weighted by atomic mass is 9.93. The number of rotatable bonds is 3. The molecule has 3 heteroatoms. The Bertz CT molecular complexity index is 2030. The van der Waals surface area contributed by atoms with Crippen LogP contribution >= 0.6 is 0 Å². The zero-order valence-electron chi connectivity index (χ0n) is 20.5. The number of benzene rings is 6. The Hall–Kier alpha value is -5.33. The van der Waals surface area contributed by atoms with E-state index in [1.165, 1.54) is 10.8 Å². The van der Waals surface area contributed by atoms with E-state index in [9.17, 15) is 0 Å². The van der Waals surface area contributed by atoms with Crippen molar-refractivity contribution in [3.8, 4) is 33.6 Å². The van der Waals surface area contributed by atoms with E-state index in [0.717, 1.165) is 55.3 Å². The highest BCUT2D eigenvalue weighted by Gasteiger charge is 2.10. The second kappa shape index (κ2) is 8.96. The average molecular weight is 484 g/mol. The summed E-state index contributed by atoms with van der Waals surface area (Å²) in [5.74, 6) is 0.738. The Morgan fingerprint density at radius 2 is 1.24 bits per heavy atom. The minimum absolute atomic E-state index is 0.652. The van der Waals surface area contributed by atoms with E-state index in [1.807, 2.05) is 54.7 Å². The number of hydrogen-bond donors (Lipinski definition) is 0. The van der Waals surface area contributed by atoms with Gasteiger partial charge in [0, 0.05) is 17.1 Å². The highest BCUT2D eigenvalue weighted by atomic mass is 14.9. The van der Waals surface area contributed by atoms with Crippen LogP contribution in [0.25, 0.3) is 70.9 Å². The average Bonchev–Trinajstić information content (AvgIpc) is 2.99. The number of para-hydroxylation sites is 1. The predicted molar refractivity (Wildman–Crippen MR) is 157 cm³/mol. The van der Waals surface area contributed by atoms with Gasteiger partial charge in [-0.2, -0.15) is 0 Å². The van der Waals surface area contributed by atoms with Gasteiger partial charge in [0.05, 0.1) is 12.1 Å². The number of aromatic nitrogens is 2. The van der Waals surface area contributed by atoms with Gasteiger partial charge in [-0.15, -0.1) is 0 Å². The van der Waals surface area contributed by atoms with Crippen LogP contribution < -0.4 is 0 Å². The van der Waals surface area contributed by atoms with E-state index in [0.29, 0.717) is 5.69 Å². The van der Waals surface area contributed by atoms with Crippen molar-refractivity contribution >= 4 is 38.1 Å². The first-order chi connectivity index (χ1) is 18.8. The quantitative estimate of drug-likeness (QED) is 0.234. The lowest BCUT2D eigenvalue weighted by Crippen LogP contribution is -1.91. The minimum Gasteiger partial charge on any atom is -0.238 e. The fraction of sp³-hybridized carbons (Fsp3) is 0. The molecule has 38 heavy (non-hydrogen) atoms. The summed E-state index contributed by atoms with van der Waals surface area (Å²) in [4.78, 5) is 13.0. The maximum Gasteiger partial charge on any atom is 0.187 e. The van der Waals surface area contributed by atoms with Crippen LogP contribution in [0, 0.1) is 6.57 Å². The number of hydrogen-bond acceptors (Lipinski definition) is 2. The van der Waals surface area contributed by atoms with E-state index in [1.54, 1.807) is 0 Å². The van der Waals surface area contributed by atoms with Gasteiger partial charge >= 0.3 is 0 Å². The molecule has 0 bridgehead atoms. The van der Waals surface area contributed by atoms with Gasteiger partial charge < -0.3 is 0 Å². The Labute approximate surface area is 220 Å². The summed E-state index contributed by atoms with van der Waals surface area (Å²) < 4.78 is 0. The third-order valence-electron chi connectivity index (χ3n) is 7.13. The smallest absolute Gasteiger partial charge is 0.187 e. The van der Waals surface area contributed by atoms with Gasteiger partial charge in [-0.05, 0) is 62.0 Å². The summed E-state index contributed by atoms with van der Waals surface area (Å²) in [5.41, 5.74) is 7.23. The Morgan fingerprint density at radius 3 is 2.11 bits per heavy atom. The Balaban J connectivity index is 1.33. The zero-order valence-corrected chi connectivity index (χ0v) is 20.5. The first-order valence-electron chi connectivity index (χ1n) is 12.5. The molecule has 6 aromatic carbocycles. The molecule has 0 unspecified atom stereocenters. The maximum absolute atomic E-state index is 7.24. The lowest BCUT2D eigenvalue weighted by molar-refractivity contribution is 1.23. The molecule has 0 spiro atoms. The van der Waals surface area contributed by atoms with Crippen molar-refractivity contribution in [2.45, 2.75) is 0 Å². The van der Waals surface area contributed by atoms with Gasteiger partial charge in [0.15, 0.2) is 11.5 Å². The first kappa shape index (κ1) is 21.9. The minimum atomic E-state index is 0.652. The third-order valence-corrected chi connectivity index (χ3v) is 7.13. The van der Waals surface area contributed by atoms with Crippen molar-refractivity contribution in [2.24, 2.45) is 0 Å². The summed E-state index contributed by atoms with van der Waals surface area (Å²) in [5, 5.41) is 5.71. The molecule has 3 nitrogen and oxygen atoms in total. The Kier molecular flexibility index (Phi) is 5.17. The monoisotopic (exact) mass is 483 g/mol. The van der Waals surface area contributed by atoms with Gasteiger partial charge in [-0.3, -0.25) is 0 Å². The van der Waals surface area contributed by atoms with Crippen LogP contribution in [0.2, 0.25) is 0 Å². The standard InChI is InChI=1S/C35H21N3/c1-36-29-17-14-24(15-18-29)30-9-4-7-23-12-13-26(21-33(23)30)25-16-19-31-27(20-25)8-5-10-32(31)35-37-22-28-6-2-3-11-34(28)38-35/h2-22H. The SMILES string of the molecule is [C-]#[N+]c1ccc(-c2cccc3ccc(-c4ccc5c(-c6ncc7ccccc7n6)cccc5c4)cc23)cc1. The van der Waals surface area contributed by atoms with Crippen LogP contribution in [0.5, 0.6) is 0 Å². The van der Waals surface area contributed by atoms with Crippen molar-refractivity contribution in [1.29, 1.82) is 0 Å². The van der Waals surface area contributed by atoms with Crippen LogP contribution in [-0.2, 0) is 0 Å². The molecule has 0 N–H and O–H groups in total. The molecule has 0 aliphatic heterocycles. The first-order valence-corrected chi connectivity index (χ1v) is 12.5. The van der Waals surface area contributed by atoms with E-state index >= 15 is 0 Å². The summed E-state index contributed by atoms with van der Waals surface area (Å²) in [6, 6.07) is 41.8. The molecule has 7 aromatic rings. The van der Waals surface area contributed by atoms with E-state index in [2.05, 4.69) is 82.6 Å². The summed E-state index contributed by atoms with van der Waals surface area (Å²) in [7, 11) is 0. The topological polar surface area (TPSA) is 30.1 Å². The van der Waals surface area contributed by atoms with Crippen LogP contribution in [0.4, 0.5) is 5.69 Å². The van der Waals surface area contributed by atoms with E-state index in [-0.39, 0.29) is 0 Å². The second-order valence-corrected chi connectivity index (χ2v) is 9.39. The van der Waals surface area contributed by atoms with Gasteiger partial charge in [0.25, 0.3) is 0 Å². The molecule has 0 atom stereocenters. The molecule has 0 amide bonds. The van der Waals surface area contributed by atoms with E-state index in [4.69, 9.17) is 11.6 Å². The van der Waals surface area contributed by atoms with Crippen molar-refractivity contribution < 1.29 is 0 Å². The molecule has 0 saturated heterocycles.